The lowest BCUT2D eigenvalue weighted by atomic mass is 9.98. The maximum Gasteiger partial charge on any atom is 0.356 e. The summed E-state index contributed by atoms with van der Waals surface area (Å²) >= 11 is 0. The van der Waals surface area contributed by atoms with Crippen molar-refractivity contribution >= 4 is 28.5 Å². The van der Waals surface area contributed by atoms with Crippen LogP contribution in [0.25, 0.3) is 10.9 Å². The Kier molecular flexibility index (Phi) is 5.55. The number of aromatic nitrogens is 1. The summed E-state index contributed by atoms with van der Waals surface area (Å²) in [5.41, 5.74) is 3.43. The fourth-order valence-electron chi connectivity index (χ4n) is 3.89. The number of carbonyl (C=O) groups excluding carboxylic acids is 2. The molecule has 1 unspecified atom stereocenters. The number of rotatable bonds is 5. The maximum atomic E-state index is 13.9. The average Bonchev–Trinajstić information content (AvgIpc) is 3.10. The largest absolute Gasteiger partial charge is 0.461 e. The number of nitrogens with zero attached hydrogens (tertiary/aromatic N) is 1. The summed E-state index contributed by atoms with van der Waals surface area (Å²) in [4.78, 5) is 30.5. The highest BCUT2D eigenvalue weighted by molar-refractivity contribution is 6.11. The first kappa shape index (κ1) is 20.1. The lowest BCUT2D eigenvalue weighted by molar-refractivity contribution is -0.121. The Bertz CT molecular complexity index is 1110. The van der Waals surface area contributed by atoms with Crippen LogP contribution >= 0.6 is 0 Å². The van der Waals surface area contributed by atoms with Crippen molar-refractivity contribution in [1.82, 2.24) is 9.88 Å². The number of amides is 1. The zero-order valence-electron chi connectivity index (χ0n) is 17.0. The predicted octanol–water partition coefficient (Wildman–Crippen LogP) is 3.87. The maximum absolute atomic E-state index is 13.9. The minimum atomic E-state index is -0.594. The molecule has 0 bridgehead atoms. The quantitative estimate of drug-likeness (QED) is 0.628. The molecular weight excluding hydrogens is 385 g/mol. The first-order valence-electron chi connectivity index (χ1n) is 10.1. The second-order valence-electron chi connectivity index (χ2n) is 7.44. The van der Waals surface area contributed by atoms with Crippen LogP contribution in [-0.2, 0) is 22.5 Å². The van der Waals surface area contributed by atoms with Gasteiger partial charge in [-0.05, 0) is 49.6 Å². The van der Waals surface area contributed by atoms with Crippen LogP contribution in [0, 0.1) is 5.82 Å². The van der Waals surface area contributed by atoms with E-state index in [9.17, 15) is 14.0 Å². The van der Waals surface area contributed by atoms with Crippen molar-refractivity contribution in [3.05, 3.63) is 65.1 Å². The van der Waals surface area contributed by atoms with Crippen molar-refractivity contribution in [2.45, 2.75) is 32.9 Å². The minimum Gasteiger partial charge on any atom is -0.461 e. The van der Waals surface area contributed by atoms with Crippen LogP contribution in [0.1, 0.15) is 35.5 Å². The Morgan fingerprint density at radius 3 is 2.77 bits per heavy atom. The molecule has 4 rings (SSSR count). The number of fused-ring (bicyclic) bond motifs is 2. The molecule has 1 amide bonds. The second-order valence-corrected chi connectivity index (χ2v) is 7.44. The number of aromatic amines is 1. The number of anilines is 1. The Morgan fingerprint density at radius 1 is 1.23 bits per heavy atom. The first-order chi connectivity index (χ1) is 14.5. The van der Waals surface area contributed by atoms with Gasteiger partial charge in [0.05, 0.1) is 18.3 Å². The van der Waals surface area contributed by atoms with E-state index in [1.165, 1.54) is 29.3 Å². The Hall–Kier alpha value is -3.19. The summed E-state index contributed by atoms with van der Waals surface area (Å²) in [6.45, 7) is 5.17. The average molecular weight is 409 g/mol. The normalized spacial score (nSPS) is 14.9. The Labute approximate surface area is 174 Å². The second kappa shape index (κ2) is 8.28. The number of hydrogen-bond donors (Lipinski definition) is 2. The molecule has 0 radical (unpaired) electrons. The van der Waals surface area contributed by atoms with E-state index in [0.29, 0.717) is 17.4 Å². The topological polar surface area (TPSA) is 74.4 Å². The van der Waals surface area contributed by atoms with Gasteiger partial charge in [-0.25, -0.2) is 9.18 Å². The molecule has 7 heteroatoms. The number of hydrogen-bond acceptors (Lipinski definition) is 4. The van der Waals surface area contributed by atoms with Crippen molar-refractivity contribution in [3.8, 4) is 0 Å². The SMILES string of the molecule is CCOC(=O)c1[nH]c2ccc(F)cc2c1NC(=O)C(C)N1CCc2ccccc2C1. The number of carbonyl (C=O) groups is 2. The van der Waals surface area contributed by atoms with E-state index in [1.807, 2.05) is 19.1 Å². The van der Waals surface area contributed by atoms with E-state index < -0.39 is 17.8 Å². The third-order valence-electron chi connectivity index (χ3n) is 5.58. The molecule has 3 aromatic rings. The van der Waals surface area contributed by atoms with Crippen LogP contribution in [0.3, 0.4) is 0 Å². The van der Waals surface area contributed by atoms with Gasteiger partial charge in [-0.1, -0.05) is 24.3 Å². The zero-order chi connectivity index (χ0) is 21.3. The standard InChI is InChI=1S/C23H24FN3O3/c1-3-30-23(29)21-20(18-12-17(24)8-9-19(18)25-21)26-22(28)14(2)27-11-10-15-6-4-5-7-16(15)13-27/h4-9,12,14,25H,3,10-11,13H2,1-2H3,(H,26,28). The van der Waals surface area contributed by atoms with Gasteiger partial charge in [0, 0.05) is 24.0 Å². The van der Waals surface area contributed by atoms with Gasteiger partial charge in [0.1, 0.15) is 11.5 Å². The molecule has 2 aromatic carbocycles. The lowest BCUT2D eigenvalue weighted by Crippen LogP contribution is -2.44. The Morgan fingerprint density at radius 2 is 2.00 bits per heavy atom. The molecular formula is C23H24FN3O3. The van der Waals surface area contributed by atoms with Crippen LogP contribution in [0.15, 0.2) is 42.5 Å². The summed E-state index contributed by atoms with van der Waals surface area (Å²) < 4.78 is 19.0. The van der Waals surface area contributed by atoms with Gasteiger partial charge in [-0.15, -0.1) is 0 Å². The predicted molar refractivity (Wildman–Crippen MR) is 113 cm³/mol. The van der Waals surface area contributed by atoms with Crippen LogP contribution in [0.4, 0.5) is 10.1 Å². The van der Waals surface area contributed by atoms with E-state index in [1.54, 1.807) is 6.92 Å². The summed E-state index contributed by atoms with van der Waals surface area (Å²) in [5.74, 6) is -1.30. The van der Waals surface area contributed by atoms with Crippen molar-refractivity contribution < 1.29 is 18.7 Å². The van der Waals surface area contributed by atoms with E-state index in [4.69, 9.17) is 4.74 Å². The van der Waals surface area contributed by atoms with Crippen LogP contribution in [-0.4, -0.2) is 41.0 Å². The molecule has 2 heterocycles. The van der Waals surface area contributed by atoms with Crippen LogP contribution < -0.4 is 5.32 Å². The van der Waals surface area contributed by atoms with Gasteiger partial charge in [0.25, 0.3) is 0 Å². The summed E-state index contributed by atoms with van der Waals surface area (Å²) in [6, 6.07) is 11.9. The van der Waals surface area contributed by atoms with Crippen molar-refractivity contribution in [1.29, 1.82) is 0 Å². The van der Waals surface area contributed by atoms with Crippen molar-refractivity contribution in [2.24, 2.45) is 0 Å². The molecule has 6 nitrogen and oxygen atoms in total. The number of H-pyrrole nitrogens is 1. The number of nitrogens with one attached hydrogen (secondary N) is 2. The van der Waals surface area contributed by atoms with E-state index in [-0.39, 0.29) is 23.9 Å². The van der Waals surface area contributed by atoms with Gasteiger partial charge in [-0.2, -0.15) is 0 Å². The molecule has 0 aliphatic carbocycles. The van der Waals surface area contributed by atoms with Crippen molar-refractivity contribution in [2.75, 3.05) is 18.5 Å². The van der Waals surface area contributed by atoms with Gasteiger partial charge >= 0.3 is 5.97 Å². The fraction of sp³-hybridized carbons (Fsp3) is 0.304. The smallest absolute Gasteiger partial charge is 0.356 e. The van der Waals surface area contributed by atoms with Crippen LogP contribution in [0.5, 0.6) is 0 Å². The monoisotopic (exact) mass is 409 g/mol. The molecule has 0 fully saturated rings. The molecule has 1 aliphatic heterocycles. The highest BCUT2D eigenvalue weighted by Crippen LogP contribution is 2.30. The molecule has 2 N–H and O–H groups in total. The minimum absolute atomic E-state index is 0.113. The third kappa shape index (κ3) is 3.80. The van der Waals surface area contributed by atoms with Crippen molar-refractivity contribution in [3.63, 3.8) is 0 Å². The van der Waals surface area contributed by atoms with E-state index in [0.717, 1.165) is 13.0 Å². The Balaban J connectivity index is 1.60. The van der Waals surface area contributed by atoms with E-state index >= 15 is 0 Å². The van der Waals surface area contributed by atoms with Crippen LogP contribution in [0.2, 0.25) is 0 Å². The lowest BCUT2D eigenvalue weighted by Gasteiger charge is -2.32. The number of ether oxygens (including phenoxy) is 1. The number of benzene rings is 2. The summed E-state index contributed by atoms with van der Waals surface area (Å²) in [6.07, 6.45) is 0.875. The summed E-state index contributed by atoms with van der Waals surface area (Å²) in [5, 5.41) is 3.27. The van der Waals surface area contributed by atoms with Gasteiger partial charge in [0.15, 0.2) is 0 Å². The van der Waals surface area contributed by atoms with Gasteiger partial charge in [-0.3, -0.25) is 9.69 Å². The first-order valence-corrected chi connectivity index (χ1v) is 10.1. The molecule has 0 saturated heterocycles. The molecule has 0 spiro atoms. The van der Waals surface area contributed by atoms with E-state index in [2.05, 4.69) is 27.3 Å². The molecule has 30 heavy (non-hydrogen) atoms. The highest BCUT2D eigenvalue weighted by atomic mass is 19.1. The molecule has 1 atom stereocenters. The number of halogens is 1. The molecule has 1 aliphatic rings. The molecule has 0 saturated carbocycles. The number of esters is 1. The summed E-state index contributed by atoms with van der Waals surface area (Å²) in [7, 11) is 0. The fourth-order valence-corrected chi connectivity index (χ4v) is 3.89. The molecule has 156 valence electrons. The zero-order valence-corrected chi connectivity index (χ0v) is 17.0. The van der Waals surface area contributed by atoms with Gasteiger partial charge < -0.3 is 15.0 Å². The molecule has 1 aromatic heterocycles. The highest BCUT2D eigenvalue weighted by Gasteiger charge is 2.28. The third-order valence-corrected chi connectivity index (χ3v) is 5.58. The van der Waals surface area contributed by atoms with Gasteiger partial charge in [0.2, 0.25) is 5.91 Å².